The summed E-state index contributed by atoms with van der Waals surface area (Å²) in [5.41, 5.74) is 5.47. The molecule has 1 saturated carbocycles. The molecule has 2 nitrogen and oxygen atoms in total. The molecule has 0 aromatic heterocycles. The van der Waals surface area contributed by atoms with Crippen LogP contribution in [0.15, 0.2) is 0 Å². The number of hydrogen-bond acceptors (Lipinski definition) is 2. The van der Waals surface area contributed by atoms with Gasteiger partial charge in [-0.25, -0.2) is 0 Å². The predicted molar refractivity (Wildman–Crippen MR) is 59.0 cm³/mol. The Morgan fingerprint density at radius 3 is 2.57 bits per heavy atom. The lowest BCUT2D eigenvalue weighted by atomic mass is 9.94. The van der Waals surface area contributed by atoms with Gasteiger partial charge in [0, 0.05) is 12.3 Å². The molecule has 1 unspecified atom stereocenters. The quantitative estimate of drug-likeness (QED) is 0.711. The molecule has 82 valence electrons. The molecule has 0 amide bonds. The van der Waals surface area contributed by atoms with E-state index in [-0.39, 0.29) is 0 Å². The summed E-state index contributed by atoms with van der Waals surface area (Å²) in [5.74, 6) is 1.52. The first-order valence-corrected chi connectivity index (χ1v) is 5.96. The van der Waals surface area contributed by atoms with Gasteiger partial charge in [0.15, 0.2) is 0 Å². The summed E-state index contributed by atoms with van der Waals surface area (Å²) in [5, 5.41) is 0. The van der Waals surface area contributed by atoms with E-state index in [1.807, 2.05) is 0 Å². The summed E-state index contributed by atoms with van der Waals surface area (Å²) in [4.78, 5) is 11.7. The minimum absolute atomic E-state index is 0.403. The van der Waals surface area contributed by atoms with E-state index >= 15 is 0 Å². The Morgan fingerprint density at radius 2 is 2.00 bits per heavy atom. The Morgan fingerprint density at radius 1 is 1.36 bits per heavy atom. The Kier molecular flexibility index (Phi) is 5.16. The van der Waals surface area contributed by atoms with Crippen LogP contribution in [-0.2, 0) is 4.79 Å². The fourth-order valence-electron chi connectivity index (χ4n) is 2.27. The van der Waals surface area contributed by atoms with Crippen molar-refractivity contribution in [1.82, 2.24) is 0 Å². The first-order valence-electron chi connectivity index (χ1n) is 5.96. The topological polar surface area (TPSA) is 43.1 Å². The maximum atomic E-state index is 11.7. The smallest absolute Gasteiger partial charge is 0.135 e. The molecule has 2 N–H and O–H groups in total. The van der Waals surface area contributed by atoms with Gasteiger partial charge in [0.1, 0.15) is 5.78 Å². The highest BCUT2D eigenvalue weighted by Crippen LogP contribution is 2.27. The van der Waals surface area contributed by atoms with Crippen LogP contribution in [0, 0.1) is 11.8 Å². The Bertz CT molecular complexity index is 173. The monoisotopic (exact) mass is 197 g/mol. The molecule has 0 saturated heterocycles. The lowest BCUT2D eigenvalue weighted by Gasteiger charge is -2.11. The molecular formula is C12H23NO. The largest absolute Gasteiger partial charge is 0.330 e. The SMILES string of the molecule is CC(CCN)CCC(=O)C1CCCC1. The van der Waals surface area contributed by atoms with Gasteiger partial charge in [0.05, 0.1) is 0 Å². The molecule has 1 atom stereocenters. The van der Waals surface area contributed by atoms with Gasteiger partial charge in [-0.2, -0.15) is 0 Å². The van der Waals surface area contributed by atoms with Crippen molar-refractivity contribution in [2.75, 3.05) is 6.54 Å². The highest BCUT2D eigenvalue weighted by Gasteiger charge is 2.22. The zero-order chi connectivity index (χ0) is 10.4. The average molecular weight is 197 g/mol. The summed E-state index contributed by atoms with van der Waals surface area (Å²) >= 11 is 0. The molecule has 0 aliphatic heterocycles. The summed E-state index contributed by atoms with van der Waals surface area (Å²) in [7, 11) is 0. The van der Waals surface area contributed by atoms with Crippen LogP contribution >= 0.6 is 0 Å². The molecule has 0 aromatic rings. The molecule has 2 heteroatoms. The van der Waals surface area contributed by atoms with E-state index in [0.717, 1.165) is 38.6 Å². The van der Waals surface area contributed by atoms with E-state index in [0.29, 0.717) is 17.6 Å². The van der Waals surface area contributed by atoms with Crippen LogP contribution in [0.1, 0.15) is 51.9 Å². The van der Waals surface area contributed by atoms with Crippen molar-refractivity contribution in [1.29, 1.82) is 0 Å². The maximum absolute atomic E-state index is 11.7. The first kappa shape index (κ1) is 11.7. The number of rotatable bonds is 6. The number of hydrogen-bond donors (Lipinski definition) is 1. The van der Waals surface area contributed by atoms with Crippen LogP contribution < -0.4 is 5.73 Å². The third kappa shape index (κ3) is 3.79. The van der Waals surface area contributed by atoms with Crippen molar-refractivity contribution in [2.45, 2.75) is 51.9 Å². The average Bonchev–Trinajstić information content (AvgIpc) is 2.67. The molecule has 1 aliphatic carbocycles. The standard InChI is InChI=1S/C12H23NO/c1-10(8-9-13)6-7-12(14)11-4-2-3-5-11/h10-11H,2-9,13H2,1H3. The van der Waals surface area contributed by atoms with Crippen LogP contribution in [0.3, 0.4) is 0 Å². The van der Waals surface area contributed by atoms with Gasteiger partial charge in [-0.3, -0.25) is 4.79 Å². The molecule has 1 fully saturated rings. The molecule has 1 rings (SSSR count). The molecule has 0 aromatic carbocycles. The minimum atomic E-state index is 0.403. The van der Waals surface area contributed by atoms with Crippen LogP contribution in [0.2, 0.25) is 0 Å². The second kappa shape index (κ2) is 6.18. The molecule has 0 bridgehead atoms. The number of nitrogens with two attached hydrogens (primary N) is 1. The van der Waals surface area contributed by atoms with Crippen molar-refractivity contribution in [2.24, 2.45) is 17.6 Å². The highest BCUT2D eigenvalue weighted by atomic mass is 16.1. The lowest BCUT2D eigenvalue weighted by Crippen LogP contribution is -2.13. The van der Waals surface area contributed by atoms with Crippen molar-refractivity contribution < 1.29 is 4.79 Å². The van der Waals surface area contributed by atoms with E-state index in [4.69, 9.17) is 5.73 Å². The Balaban J connectivity index is 2.13. The second-order valence-electron chi connectivity index (χ2n) is 4.67. The van der Waals surface area contributed by atoms with Crippen molar-refractivity contribution in [3.8, 4) is 0 Å². The van der Waals surface area contributed by atoms with E-state index in [1.54, 1.807) is 0 Å². The number of carbonyl (C=O) groups excluding carboxylic acids is 1. The Hall–Kier alpha value is -0.370. The number of ketones is 1. The van der Waals surface area contributed by atoms with Crippen molar-refractivity contribution >= 4 is 5.78 Å². The van der Waals surface area contributed by atoms with Gasteiger partial charge in [0.2, 0.25) is 0 Å². The fourth-order valence-corrected chi connectivity index (χ4v) is 2.27. The number of Topliss-reactive ketones (excluding diaryl/α,β-unsaturated/α-hetero) is 1. The predicted octanol–water partition coefficient (Wildman–Crippen LogP) is 2.51. The molecule has 14 heavy (non-hydrogen) atoms. The summed E-state index contributed by atoms with van der Waals surface area (Å²) in [6, 6.07) is 0. The van der Waals surface area contributed by atoms with E-state index < -0.39 is 0 Å². The van der Waals surface area contributed by atoms with Gasteiger partial charge in [-0.1, -0.05) is 19.8 Å². The second-order valence-corrected chi connectivity index (χ2v) is 4.67. The lowest BCUT2D eigenvalue weighted by molar-refractivity contribution is -0.122. The van der Waals surface area contributed by atoms with E-state index in [9.17, 15) is 4.79 Å². The normalized spacial score (nSPS) is 19.9. The summed E-state index contributed by atoms with van der Waals surface area (Å²) in [6.45, 7) is 2.94. The van der Waals surface area contributed by atoms with Gasteiger partial charge in [-0.05, 0) is 38.1 Å². The van der Waals surface area contributed by atoms with E-state index in [1.165, 1.54) is 12.8 Å². The van der Waals surface area contributed by atoms with Crippen LogP contribution in [-0.4, -0.2) is 12.3 Å². The van der Waals surface area contributed by atoms with Gasteiger partial charge in [0.25, 0.3) is 0 Å². The minimum Gasteiger partial charge on any atom is -0.330 e. The summed E-state index contributed by atoms with van der Waals surface area (Å²) in [6.07, 6.45) is 7.67. The highest BCUT2D eigenvalue weighted by molar-refractivity contribution is 5.81. The fraction of sp³-hybridized carbons (Fsp3) is 0.917. The first-order chi connectivity index (χ1) is 6.74. The Labute approximate surface area is 87.2 Å². The van der Waals surface area contributed by atoms with Gasteiger partial charge in [-0.15, -0.1) is 0 Å². The molecular weight excluding hydrogens is 174 g/mol. The molecule has 1 aliphatic rings. The van der Waals surface area contributed by atoms with Crippen LogP contribution in [0.4, 0.5) is 0 Å². The van der Waals surface area contributed by atoms with Crippen LogP contribution in [0.5, 0.6) is 0 Å². The molecule has 0 spiro atoms. The van der Waals surface area contributed by atoms with Crippen LogP contribution in [0.25, 0.3) is 0 Å². The van der Waals surface area contributed by atoms with Crippen molar-refractivity contribution in [3.05, 3.63) is 0 Å². The third-order valence-corrected chi connectivity index (χ3v) is 3.35. The molecule has 0 heterocycles. The van der Waals surface area contributed by atoms with Crippen molar-refractivity contribution in [3.63, 3.8) is 0 Å². The summed E-state index contributed by atoms with van der Waals surface area (Å²) < 4.78 is 0. The molecule has 0 radical (unpaired) electrons. The maximum Gasteiger partial charge on any atom is 0.135 e. The van der Waals surface area contributed by atoms with Gasteiger partial charge >= 0.3 is 0 Å². The third-order valence-electron chi connectivity index (χ3n) is 3.35. The zero-order valence-corrected chi connectivity index (χ0v) is 9.30. The zero-order valence-electron chi connectivity index (χ0n) is 9.30. The van der Waals surface area contributed by atoms with Gasteiger partial charge < -0.3 is 5.73 Å². The number of carbonyl (C=O) groups is 1. The van der Waals surface area contributed by atoms with E-state index in [2.05, 4.69) is 6.92 Å².